The standard InChI is InChI=1S/C19H23N5O3/c1-3-16(12-25)24(11-17-5-4-10-27-17)19(26)21-15-8-6-14(7-9-15)18-20-13(2)22-23-18/h4-10,16,25H,3,11-12H2,1-2H3,(H,21,26)(H,20,22,23). The van der Waals surface area contributed by atoms with Crippen molar-refractivity contribution in [3.05, 3.63) is 54.2 Å². The van der Waals surface area contributed by atoms with Crippen LogP contribution in [0.25, 0.3) is 11.4 Å². The molecule has 0 aliphatic carbocycles. The van der Waals surface area contributed by atoms with Crippen molar-refractivity contribution in [3.63, 3.8) is 0 Å². The summed E-state index contributed by atoms with van der Waals surface area (Å²) in [5, 5.41) is 19.4. The van der Waals surface area contributed by atoms with Crippen molar-refractivity contribution in [2.75, 3.05) is 11.9 Å². The number of aromatic amines is 1. The van der Waals surface area contributed by atoms with Crippen LogP contribution in [-0.4, -0.2) is 43.9 Å². The Hall–Kier alpha value is -3.13. The molecule has 0 radical (unpaired) electrons. The Morgan fingerprint density at radius 3 is 2.67 bits per heavy atom. The van der Waals surface area contributed by atoms with Crippen molar-refractivity contribution in [2.45, 2.75) is 32.9 Å². The summed E-state index contributed by atoms with van der Waals surface area (Å²) in [7, 11) is 0. The molecule has 3 aromatic rings. The summed E-state index contributed by atoms with van der Waals surface area (Å²) < 4.78 is 5.35. The zero-order valence-corrected chi connectivity index (χ0v) is 15.3. The van der Waals surface area contributed by atoms with E-state index >= 15 is 0 Å². The van der Waals surface area contributed by atoms with Crippen LogP contribution in [0.2, 0.25) is 0 Å². The molecule has 27 heavy (non-hydrogen) atoms. The van der Waals surface area contributed by atoms with Crippen LogP contribution < -0.4 is 5.32 Å². The van der Waals surface area contributed by atoms with Crippen LogP contribution in [0, 0.1) is 6.92 Å². The van der Waals surface area contributed by atoms with Gasteiger partial charge in [-0.3, -0.25) is 5.10 Å². The summed E-state index contributed by atoms with van der Waals surface area (Å²) in [5.41, 5.74) is 1.50. The number of nitrogens with one attached hydrogen (secondary N) is 2. The zero-order valence-electron chi connectivity index (χ0n) is 15.3. The van der Waals surface area contributed by atoms with Gasteiger partial charge in [0.15, 0.2) is 5.82 Å². The highest BCUT2D eigenvalue weighted by Crippen LogP contribution is 2.19. The molecule has 2 amide bonds. The van der Waals surface area contributed by atoms with E-state index in [-0.39, 0.29) is 25.2 Å². The molecule has 0 saturated carbocycles. The van der Waals surface area contributed by atoms with Gasteiger partial charge in [-0.25, -0.2) is 9.78 Å². The molecule has 1 aromatic carbocycles. The fourth-order valence-corrected chi connectivity index (χ4v) is 2.75. The number of furan rings is 1. The van der Waals surface area contributed by atoms with E-state index in [1.807, 2.05) is 26.0 Å². The monoisotopic (exact) mass is 369 g/mol. The summed E-state index contributed by atoms with van der Waals surface area (Å²) in [6.07, 6.45) is 2.20. The third kappa shape index (κ3) is 4.53. The number of amides is 2. The normalized spacial score (nSPS) is 12.0. The highest BCUT2D eigenvalue weighted by atomic mass is 16.3. The molecular weight excluding hydrogens is 346 g/mol. The number of aromatic nitrogens is 3. The van der Waals surface area contributed by atoms with Gasteiger partial charge in [-0.1, -0.05) is 6.92 Å². The maximum absolute atomic E-state index is 12.8. The number of hydrogen-bond donors (Lipinski definition) is 3. The fourth-order valence-electron chi connectivity index (χ4n) is 2.75. The van der Waals surface area contributed by atoms with E-state index in [0.29, 0.717) is 23.7 Å². The number of aliphatic hydroxyl groups excluding tert-OH is 1. The number of H-pyrrole nitrogens is 1. The SMILES string of the molecule is CCC(CO)N(Cc1ccco1)C(=O)Nc1ccc(-c2n[nH]c(C)n2)cc1. The minimum Gasteiger partial charge on any atom is -0.467 e. The van der Waals surface area contributed by atoms with Gasteiger partial charge in [-0.05, 0) is 49.7 Å². The molecule has 1 atom stereocenters. The number of carbonyl (C=O) groups is 1. The van der Waals surface area contributed by atoms with Crippen LogP contribution >= 0.6 is 0 Å². The Labute approximate surface area is 157 Å². The zero-order chi connectivity index (χ0) is 19.2. The van der Waals surface area contributed by atoms with E-state index in [0.717, 1.165) is 11.4 Å². The van der Waals surface area contributed by atoms with E-state index in [2.05, 4.69) is 20.5 Å². The molecule has 0 bridgehead atoms. The van der Waals surface area contributed by atoms with Crippen LogP contribution in [0.15, 0.2) is 47.1 Å². The first-order chi connectivity index (χ1) is 13.1. The van der Waals surface area contributed by atoms with Gasteiger partial charge in [0.05, 0.1) is 25.5 Å². The minimum absolute atomic E-state index is 0.117. The first-order valence-electron chi connectivity index (χ1n) is 8.81. The molecular formula is C19H23N5O3. The molecule has 2 heterocycles. The molecule has 142 valence electrons. The van der Waals surface area contributed by atoms with Gasteiger partial charge in [0.2, 0.25) is 0 Å². The van der Waals surface area contributed by atoms with E-state index in [4.69, 9.17) is 4.42 Å². The molecule has 3 rings (SSSR count). The predicted molar refractivity (Wildman–Crippen MR) is 101 cm³/mol. The second-order valence-corrected chi connectivity index (χ2v) is 6.20. The van der Waals surface area contributed by atoms with Crippen molar-refractivity contribution in [1.29, 1.82) is 0 Å². The van der Waals surface area contributed by atoms with Crippen LogP contribution in [0.1, 0.15) is 24.9 Å². The van der Waals surface area contributed by atoms with Gasteiger partial charge in [-0.15, -0.1) is 0 Å². The number of nitrogens with zero attached hydrogens (tertiary/aromatic N) is 3. The third-order valence-electron chi connectivity index (χ3n) is 4.28. The Morgan fingerprint density at radius 2 is 2.11 bits per heavy atom. The number of benzene rings is 1. The maximum atomic E-state index is 12.8. The highest BCUT2D eigenvalue weighted by Gasteiger charge is 2.23. The molecule has 0 saturated heterocycles. The quantitative estimate of drug-likeness (QED) is 0.593. The average molecular weight is 369 g/mol. The summed E-state index contributed by atoms with van der Waals surface area (Å²) in [6.45, 7) is 3.93. The maximum Gasteiger partial charge on any atom is 0.322 e. The number of carbonyl (C=O) groups excluding carboxylic acids is 1. The second-order valence-electron chi connectivity index (χ2n) is 6.20. The highest BCUT2D eigenvalue weighted by molar-refractivity contribution is 5.89. The predicted octanol–water partition coefficient (Wildman–Crippen LogP) is 3.18. The lowest BCUT2D eigenvalue weighted by atomic mass is 10.2. The number of hydrogen-bond acceptors (Lipinski definition) is 5. The van der Waals surface area contributed by atoms with Gasteiger partial charge in [0.1, 0.15) is 11.6 Å². The van der Waals surface area contributed by atoms with Crippen LogP contribution in [-0.2, 0) is 6.54 Å². The summed E-state index contributed by atoms with van der Waals surface area (Å²) >= 11 is 0. The van der Waals surface area contributed by atoms with E-state index in [1.165, 1.54) is 0 Å². The van der Waals surface area contributed by atoms with E-state index in [9.17, 15) is 9.90 Å². The number of aryl methyl sites for hydroxylation is 1. The molecule has 0 spiro atoms. The van der Waals surface area contributed by atoms with Gasteiger partial charge in [0, 0.05) is 11.3 Å². The first-order valence-corrected chi connectivity index (χ1v) is 8.81. The lowest BCUT2D eigenvalue weighted by Gasteiger charge is -2.29. The molecule has 0 aliphatic heterocycles. The van der Waals surface area contributed by atoms with Gasteiger partial charge < -0.3 is 19.7 Å². The van der Waals surface area contributed by atoms with Crippen molar-refractivity contribution >= 4 is 11.7 Å². The number of aliphatic hydroxyl groups is 1. The van der Waals surface area contributed by atoms with Crippen LogP contribution in [0.4, 0.5) is 10.5 Å². The Kier molecular flexibility index (Phi) is 5.87. The average Bonchev–Trinajstić information content (AvgIpc) is 3.34. The third-order valence-corrected chi connectivity index (χ3v) is 4.28. The van der Waals surface area contributed by atoms with E-state index in [1.54, 1.807) is 35.4 Å². The molecule has 8 nitrogen and oxygen atoms in total. The molecule has 8 heteroatoms. The molecule has 0 aliphatic rings. The Morgan fingerprint density at radius 1 is 1.33 bits per heavy atom. The second kappa shape index (κ2) is 8.50. The number of rotatable bonds is 7. The largest absolute Gasteiger partial charge is 0.467 e. The minimum atomic E-state index is -0.300. The van der Waals surface area contributed by atoms with Gasteiger partial charge >= 0.3 is 6.03 Å². The molecule has 3 N–H and O–H groups in total. The summed E-state index contributed by atoms with van der Waals surface area (Å²) in [5.74, 6) is 2.01. The lowest BCUT2D eigenvalue weighted by molar-refractivity contribution is 0.129. The Balaban J connectivity index is 1.72. The lowest BCUT2D eigenvalue weighted by Crippen LogP contribution is -2.44. The van der Waals surface area contributed by atoms with Crippen molar-refractivity contribution in [1.82, 2.24) is 20.1 Å². The van der Waals surface area contributed by atoms with Crippen molar-refractivity contribution in [3.8, 4) is 11.4 Å². The summed E-state index contributed by atoms with van der Waals surface area (Å²) in [4.78, 5) is 18.6. The molecule has 0 fully saturated rings. The van der Waals surface area contributed by atoms with E-state index < -0.39 is 0 Å². The molecule has 2 aromatic heterocycles. The van der Waals surface area contributed by atoms with Crippen molar-refractivity contribution in [2.24, 2.45) is 0 Å². The first kappa shape index (κ1) is 18.7. The fraction of sp³-hybridized carbons (Fsp3) is 0.316. The van der Waals surface area contributed by atoms with Gasteiger partial charge in [0.25, 0.3) is 0 Å². The van der Waals surface area contributed by atoms with Crippen molar-refractivity contribution < 1.29 is 14.3 Å². The Bertz CT molecular complexity index is 854. The van der Waals surface area contributed by atoms with Crippen LogP contribution in [0.3, 0.4) is 0 Å². The topological polar surface area (TPSA) is 107 Å². The number of urea groups is 1. The summed E-state index contributed by atoms with van der Waals surface area (Å²) in [6, 6.07) is 10.3. The smallest absolute Gasteiger partial charge is 0.322 e. The van der Waals surface area contributed by atoms with Gasteiger partial charge in [-0.2, -0.15) is 5.10 Å². The number of anilines is 1. The molecule has 1 unspecified atom stereocenters. The van der Waals surface area contributed by atoms with Crippen LogP contribution in [0.5, 0.6) is 0 Å².